The van der Waals surface area contributed by atoms with Crippen molar-refractivity contribution in [3.63, 3.8) is 0 Å². The maximum atomic E-state index is 5.54. The number of aromatic nitrogens is 3. The van der Waals surface area contributed by atoms with Gasteiger partial charge in [-0.2, -0.15) is 15.0 Å². The molecular weight excluding hydrogens is 266 g/mol. The molecule has 3 N–H and O–H groups in total. The maximum Gasteiger partial charge on any atom is 0.243 e. The van der Waals surface area contributed by atoms with Crippen molar-refractivity contribution in [1.29, 1.82) is 0 Å². The minimum absolute atomic E-state index is 0.457. The zero-order valence-corrected chi connectivity index (χ0v) is 12.8. The Hall–Kier alpha value is -1.63. The second-order valence-electron chi connectivity index (χ2n) is 5.99. The molecule has 2 aliphatic rings. The molecule has 7 heteroatoms. The van der Waals surface area contributed by atoms with Crippen LogP contribution in [0.15, 0.2) is 0 Å². The van der Waals surface area contributed by atoms with Gasteiger partial charge in [0, 0.05) is 25.7 Å². The highest BCUT2D eigenvalue weighted by molar-refractivity contribution is 5.45. The summed E-state index contributed by atoms with van der Waals surface area (Å²) in [5, 5.41) is 0. The molecule has 3 heterocycles. The minimum Gasteiger partial charge on any atom is -0.341 e. The van der Waals surface area contributed by atoms with Crippen LogP contribution in [0.2, 0.25) is 0 Å². The van der Waals surface area contributed by atoms with Gasteiger partial charge in [0.1, 0.15) is 0 Å². The van der Waals surface area contributed by atoms with Gasteiger partial charge in [-0.15, -0.1) is 0 Å². The van der Waals surface area contributed by atoms with E-state index in [1.807, 2.05) is 0 Å². The fourth-order valence-electron chi connectivity index (χ4n) is 3.18. The fraction of sp³-hybridized carbons (Fsp3) is 0.786. The Morgan fingerprint density at radius 3 is 2.43 bits per heavy atom. The molecule has 0 bridgehead atoms. The average molecular weight is 291 g/mol. The number of anilines is 3. The fourth-order valence-corrected chi connectivity index (χ4v) is 3.18. The number of hydrogen-bond acceptors (Lipinski definition) is 7. The first-order valence-corrected chi connectivity index (χ1v) is 8.02. The smallest absolute Gasteiger partial charge is 0.243 e. The summed E-state index contributed by atoms with van der Waals surface area (Å²) in [6.45, 7) is 5.29. The molecule has 116 valence electrons. The summed E-state index contributed by atoms with van der Waals surface area (Å²) in [5.74, 6) is 7.51. The lowest BCUT2D eigenvalue weighted by atomic mass is 10.1. The summed E-state index contributed by atoms with van der Waals surface area (Å²) < 4.78 is 0. The van der Waals surface area contributed by atoms with Crippen molar-refractivity contribution in [1.82, 2.24) is 15.0 Å². The predicted molar refractivity (Wildman–Crippen MR) is 84.4 cm³/mol. The van der Waals surface area contributed by atoms with E-state index in [1.165, 1.54) is 38.5 Å². The number of rotatable bonds is 3. The third-order valence-corrected chi connectivity index (χ3v) is 4.44. The lowest BCUT2D eigenvalue weighted by molar-refractivity contribution is 0.603. The zero-order valence-electron chi connectivity index (χ0n) is 12.8. The number of nitrogen functional groups attached to an aromatic ring is 1. The molecule has 0 spiro atoms. The minimum atomic E-state index is 0.457. The third-order valence-electron chi connectivity index (χ3n) is 4.44. The van der Waals surface area contributed by atoms with Gasteiger partial charge in [0.2, 0.25) is 17.8 Å². The number of nitrogens with one attached hydrogen (secondary N) is 1. The van der Waals surface area contributed by atoms with Crippen molar-refractivity contribution in [2.75, 3.05) is 34.9 Å². The Morgan fingerprint density at radius 2 is 1.67 bits per heavy atom. The number of nitrogens with two attached hydrogens (primary N) is 1. The Kier molecular flexibility index (Phi) is 4.38. The highest BCUT2D eigenvalue weighted by atomic mass is 15.4. The molecule has 1 atom stereocenters. The molecule has 1 aromatic rings. The first-order valence-electron chi connectivity index (χ1n) is 8.02. The highest BCUT2D eigenvalue weighted by Gasteiger charge is 2.23. The van der Waals surface area contributed by atoms with Crippen molar-refractivity contribution >= 4 is 17.8 Å². The van der Waals surface area contributed by atoms with Gasteiger partial charge in [-0.3, -0.25) is 5.43 Å². The standard InChI is InChI=1S/C14H25N7/c1-11-7-3-2-4-10-21(11)14-17-12(19-15)16-13(18-14)20-8-5-6-9-20/h11H,2-10,15H2,1H3,(H,16,17,18,19). The van der Waals surface area contributed by atoms with E-state index in [9.17, 15) is 0 Å². The molecule has 3 rings (SSSR count). The molecule has 0 aromatic carbocycles. The van der Waals surface area contributed by atoms with Crippen LogP contribution in [-0.4, -0.2) is 40.6 Å². The summed E-state index contributed by atoms with van der Waals surface area (Å²) in [4.78, 5) is 18.1. The molecule has 2 saturated heterocycles. The molecule has 1 unspecified atom stereocenters. The molecule has 0 amide bonds. The molecule has 1 aromatic heterocycles. The Balaban J connectivity index is 1.90. The van der Waals surface area contributed by atoms with Crippen molar-refractivity contribution in [3.05, 3.63) is 0 Å². The normalized spacial score (nSPS) is 23.2. The summed E-state index contributed by atoms with van der Waals surface area (Å²) in [5.41, 5.74) is 2.59. The van der Waals surface area contributed by atoms with E-state index in [1.54, 1.807) is 0 Å². The first kappa shape index (κ1) is 14.3. The van der Waals surface area contributed by atoms with Gasteiger partial charge < -0.3 is 9.80 Å². The van der Waals surface area contributed by atoms with Crippen LogP contribution in [-0.2, 0) is 0 Å². The topological polar surface area (TPSA) is 83.2 Å². The van der Waals surface area contributed by atoms with Gasteiger partial charge in [-0.25, -0.2) is 5.84 Å². The molecule has 7 nitrogen and oxygen atoms in total. The lowest BCUT2D eigenvalue weighted by Gasteiger charge is -2.28. The number of nitrogens with zero attached hydrogens (tertiary/aromatic N) is 5. The summed E-state index contributed by atoms with van der Waals surface area (Å²) in [6, 6.07) is 0.465. The summed E-state index contributed by atoms with van der Waals surface area (Å²) in [7, 11) is 0. The largest absolute Gasteiger partial charge is 0.341 e. The van der Waals surface area contributed by atoms with Crippen molar-refractivity contribution in [2.24, 2.45) is 5.84 Å². The summed E-state index contributed by atoms with van der Waals surface area (Å²) >= 11 is 0. The quantitative estimate of drug-likeness (QED) is 0.645. The van der Waals surface area contributed by atoms with E-state index in [4.69, 9.17) is 10.8 Å². The van der Waals surface area contributed by atoms with Crippen LogP contribution in [0.1, 0.15) is 45.4 Å². The van der Waals surface area contributed by atoms with E-state index in [2.05, 4.69) is 32.1 Å². The van der Waals surface area contributed by atoms with Gasteiger partial charge in [0.05, 0.1) is 0 Å². The van der Waals surface area contributed by atoms with Gasteiger partial charge in [0.15, 0.2) is 0 Å². The van der Waals surface area contributed by atoms with E-state index < -0.39 is 0 Å². The predicted octanol–water partition coefficient (Wildman–Crippen LogP) is 1.53. The van der Waals surface area contributed by atoms with Gasteiger partial charge in [-0.05, 0) is 32.6 Å². The van der Waals surface area contributed by atoms with Crippen LogP contribution >= 0.6 is 0 Å². The monoisotopic (exact) mass is 291 g/mol. The number of hydrazine groups is 1. The van der Waals surface area contributed by atoms with E-state index in [0.717, 1.165) is 31.5 Å². The Bertz CT molecular complexity index is 472. The zero-order chi connectivity index (χ0) is 14.7. The molecule has 2 fully saturated rings. The van der Waals surface area contributed by atoms with E-state index in [-0.39, 0.29) is 0 Å². The summed E-state index contributed by atoms with van der Waals surface area (Å²) in [6.07, 6.45) is 7.35. The van der Waals surface area contributed by atoms with Crippen LogP contribution in [0.3, 0.4) is 0 Å². The second kappa shape index (κ2) is 6.43. The highest BCUT2D eigenvalue weighted by Crippen LogP contribution is 2.24. The van der Waals surface area contributed by atoms with Crippen LogP contribution in [0.25, 0.3) is 0 Å². The average Bonchev–Trinajstić information content (AvgIpc) is 2.96. The molecule has 0 saturated carbocycles. The first-order chi connectivity index (χ1) is 10.3. The van der Waals surface area contributed by atoms with E-state index >= 15 is 0 Å². The van der Waals surface area contributed by atoms with Gasteiger partial charge in [-0.1, -0.05) is 12.8 Å². The second-order valence-corrected chi connectivity index (χ2v) is 5.99. The molecule has 21 heavy (non-hydrogen) atoms. The lowest BCUT2D eigenvalue weighted by Crippen LogP contribution is -2.35. The van der Waals surface area contributed by atoms with Gasteiger partial charge in [0.25, 0.3) is 0 Å². The van der Waals surface area contributed by atoms with Crippen LogP contribution in [0.4, 0.5) is 17.8 Å². The Morgan fingerprint density at radius 1 is 0.952 bits per heavy atom. The molecule has 0 radical (unpaired) electrons. The van der Waals surface area contributed by atoms with Crippen LogP contribution in [0.5, 0.6) is 0 Å². The third kappa shape index (κ3) is 3.18. The molecular formula is C14H25N7. The number of hydrogen-bond donors (Lipinski definition) is 2. The maximum absolute atomic E-state index is 5.54. The van der Waals surface area contributed by atoms with Crippen molar-refractivity contribution < 1.29 is 0 Å². The van der Waals surface area contributed by atoms with Crippen molar-refractivity contribution in [3.8, 4) is 0 Å². The van der Waals surface area contributed by atoms with Crippen LogP contribution < -0.4 is 21.1 Å². The van der Waals surface area contributed by atoms with Gasteiger partial charge >= 0.3 is 0 Å². The Labute approximate surface area is 125 Å². The van der Waals surface area contributed by atoms with Crippen LogP contribution in [0, 0.1) is 0 Å². The van der Waals surface area contributed by atoms with Crippen molar-refractivity contribution in [2.45, 2.75) is 51.5 Å². The van der Waals surface area contributed by atoms with E-state index in [0.29, 0.717) is 12.0 Å². The molecule has 2 aliphatic heterocycles. The molecule has 0 aliphatic carbocycles. The SMILES string of the molecule is CC1CCCCCN1c1nc(NN)nc(N2CCCC2)n1.